The highest BCUT2D eigenvalue weighted by atomic mass is 15.1. The highest BCUT2D eigenvalue weighted by molar-refractivity contribution is 5.57. The molecule has 0 aliphatic carbocycles. The summed E-state index contributed by atoms with van der Waals surface area (Å²) in [5, 5.41) is 9.10. The molecular formula is C13H18N4. The average molecular weight is 230 g/mol. The number of hydrogen-bond donors (Lipinski definition) is 1. The molecule has 1 saturated heterocycles. The summed E-state index contributed by atoms with van der Waals surface area (Å²) in [7, 11) is 0. The van der Waals surface area contributed by atoms with E-state index in [1.165, 1.54) is 6.42 Å². The first-order chi connectivity index (χ1) is 8.22. The molecule has 4 nitrogen and oxygen atoms in total. The number of nitrogens with zero attached hydrogens (tertiary/aromatic N) is 3. The summed E-state index contributed by atoms with van der Waals surface area (Å²) in [6.45, 7) is 3.98. The lowest BCUT2D eigenvalue weighted by atomic mass is 9.92. The van der Waals surface area contributed by atoms with Gasteiger partial charge in [0.2, 0.25) is 0 Å². The van der Waals surface area contributed by atoms with Crippen molar-refractivity contribution in [1.82, 2.24) is 4.98 Å². The fourth-order valence-electron chi connectivity index (χ4n) is 2.39. The Kier molecular flexibility index (Phi) is 3.60. The third-order valence-electron chi connectivity index (χ3n) is 3.46. The molecule has 1 aliphatic heterocycles. The number of piperidine rings is 1. The second-order valence-corrected chi connectivity index (χ2v) is 4.71. The number of nitrogens with two attached hydrogens (primary N) is 1. The quantitative estimate of drug-likeness (QED) is 0.836. The van der Waals surface area contributed by atoms with Crippen molar-refractivity contribution in [3.05, 3.63) is 24.0 Å². The molecule has 0 radical (unpaired) electrons. The van der Waals surface area contributed by atoms with Crippen LogP contribution in [0.15, 0.2) is 18.5 Å². The van der Waals surface area contributed by atoms with Crippen LogP contribution < -0.4 is 10.6 Å². The minimum Gasteiger partial charge on any atom is -0.369 e. The van der Waals surface area contributed by atoms with Gasteiger partial charge < -0.3 is 10.6 Å². The molecule has 0 amide bonds. The molecule has 1 aliphatic rings. The summed E-state index contributed by atoms with van der Waals surface area (Å²) in [4.78, 5) is 6.35. The van der Waals surface area contributed by atoms with E-state index in [4.69, 9.17) is 11.0 Å². The Balaban J connectivity index is 2.19. The van der Waals surface area contributed by atoms with Crippen LogP contribution in [0.3, 0.4) is 0 Å². The van der Waals surface area contributed by atoms with E-state index in [-0.39, 0.29) is 6.04 Å². The van der Waals surface area contributed by atoms with E-state index < -0.39 is 0 Å². The molecule has 2 N–H and O–H groups in total. The number of rotatable bonds is 2. The molecule has 1 fully saturated rings. The molecule has 0 aromatic carbocycles. The summed E-state index contributed by atoms with van der Waals surface area (Å²) in [5.41, 5.74) is 7.61. The topological polar surface area (TPSA) is 65.9 Å². The summed E-state index contributed by atoms with van der Waals surface area (Å²) in [5.74, 6) is 0.510. The molecule has 0 spiro atoms. The minimum absolute atomic E-state index is 0.208. The normalized spacial score (nSPS) is 21.9. The van der Waals surface area contributed by atoms with Gasteiger partial charge in [-0.2, -0.15) is 5.26 Å². The van der Waals surface area contributed by atoms with Crippen molar-refractivity contribution in [2.24, 2.45) is 11.7 Å². The standard InChI is InChI=1S/C13H18N4/c1-10(15)12-3-2-6-17(9-12)13-8-16-5-4-11(13)7-14/h4-5,8,10,12H,2-3,6,9,15H2,1H3. The molecule has 2 atom stereocenters. The maximum atomic E-state index is 9.10. The number of aromatic nitrogens is 1. The van der Waals surface area contributed by atoms with Gasteiger partial charge in [-0.1, -0.05) is 0 Å². The van der Waals surface area contributed by atoms with Crippen LogP contribution >= 0.6 is 0 Å². The van der Waals surface area contributed by atoms with Crippen molar-refractivity contribution in [1.29, 1.82) is 5.26 Å². The molecule has 0 saturated carbocycles. The third-order valence-corrected chi connectivity index (χ3v) is 3.46. The van der Waals surface area contributed by atoms with Crippen LogP contribution in [0, 0.1) is 17.2 Å². The van der Waals surface area contributed by atoms with Gasteiger partial charge in [-0.3, -0.25) is 4.98 Å². The number of nitriles is 1. The van der Waals surface area contributed by atoms with E-state index in [0.717, 1.165) is 25.2 Å². The number of anilines is 1. The van der Waals surface area contributed by atoms with E-state index in [1.54, 1.807) is 18.5 Å². The van der Waals surface area contributed by atoms with E-state index in [2.05, 4.69) is 22.9 Å². The monoisotopic (exact) mass is 230 g/mol. The van der Waals surface area contributed by atoms with Crippen LogP contribution in [0.4, 0.5) is 5.69 Å². The molecule has 1 aromatic heterocycles. The lowest BCUT2D eigenvalue weighted by Gasteiger charge is -2.36. The third kappa shape index (κ3) is 2.56. The highest BCUT2D eigenvalue weighted by Gasteiger charge is 2.24. The predicted octanol–water partition coefficient (Wildman–Crippen LogP) is 1.52. The largest absolute Gasteiger partial charge is 0.369 e. The Hall–Kier alpha value is -1.60. The fourth-order valence-corrected chi connectivity index (χ4v) is 2.39. The molecule has 1 aromatic rings. The van der Waals surface area contributed by atoms with Crippen molar-refractivity contribution in [2.75, 3.05) is 18.0 Å². The van der Waals surface area contributed by atoms with Crippen molar-refractivity contribution in [3.63, 3.8) is 0 Å². The van der Waals surface area contributed by atoms with Gasteiger partial charge >= 0.3 is 0 Å². The summed E-state index contributed by atoms with van der Waals surface area (Å²) >= 11 is 0. The van der Waals surface area contributed by atoms with Crippen LogP contribution in [0.1, 0.15) is 25.3 Å². The van der Waals surface area contributed by atoms with Gasteiger partial charge in [-0.05, 0) is 31.7 Å². The van der Waals surface area contributed by atoms with Gasteiger partial charge in [0.25, 0.3) is 0 Å². The van der Waals surface area contributed by atoms with Gasteiger partial charge in [-0.25, -0.2) is 0 Å². The number of hydrogen-bond acceptors (Lipinski definition) is 4. The Morgan fingerprint density at radius 3 is 3.18 bits per heavy atom. The maximum Gasteiger partial charge on any atom is 0.101 e. The number of pyridine rings is 1. The zero-order chi connectivity index (χ0) is 12.3. The Labute approximate surface area is 102 Å². The van der Waals surface area contributed by atoms with Gasteiger partial charge in [0.1, 0.15) is 6.07 Å². The predicted molar refractivity (Wildman–Crippen MR) is 67.5 cm³/mol. The van der Waals surface area contributed by atoms with E-state index >= 15 is 0 Å². The summed E-state index contributed by atoms with van der Waals surface area (Å²) < 4.78 is 0. The molecule has 0 bridgehead atoms. The van der Waals surface area contributed by atoms with Crippen molar-refractivity contribution in [3.8, 4) is 6.07 Å². The lowest BCUT2D eigenvalue weighted by molar-refractivity contribution is 0.364. The van der Waals surface area contributed by atoms with Gasteiger partial charge in [0.05, 0.1) is 17.4 Å². The van der Waals surface area contributed by atoms with Gasteiger partial charge in [0, 0.05) is 25.3 Å². The minimum atomic E-state index is 0.208. The molecule has 17 heavy (non-hydrogen) atoms. The van der Waals surface area contributed by atoms with E-state index in [9.17, 15) is 0 Å². The second-order valence-electron chi connectivity index (χ2n) is 4.71. The van der Waals surface area contributed by atoms with Crippen LogP contribution in [-0.2, 0) is 0 Å². The Morgan fingerprint density at radius 1 is 1.65 bits per heavy atom. The molecular weight excluding hydrogens is 212 g/mol. The smallest absolute Gasteiger partial charge is 0.101 e. The van der Waals surface area contributed by atoms with Crippen molar-refractivity contribution < 1.29 is 0 Å². The molecule has 2 heterocycles. The maximum absolute atomic E-state index is 9.10. The van der Waals surface area contributed by atoms with Crippen LogP contribution in [-0.4, -0.2) is 24.1 Å². The SMILES string of the molecule is CC(N)C1CCCN(c2cnccc2C#N)C1. The molecule has 4 heteroatoms. The van der Waals surface area contributed by atoms with Crippen LogP contribution in [0.2, 0.25) is 0 Å². The highest BCUT2D eigenvalue weighted by Crippen LogP contribution is 2.26. The summed E-state index contributed by atoms with van der Waals surface area (Å²) in [6.07, 6.45) is 5.75. The Morgan fingerprint density at radius 2 is 2.47 bits per heavy atom. The first-order valence-electron chi connectivity index (χ1n) is 6.07. The zero-order valence-corrected chi connectivity index (χ0v) is 10.1. The molecule has 90 valence electrons. The van der Waals surface area contributed by atoms with Crippen molar-refractivity contribution >= 4 is 5.69 Å². The first kappa shape index (κ1) is 11.9. The van der Waals surface area contributed by atoms with E-state index in [0.29, 0.717) is 11.5 Å². The molecule has 2 unspecified atom stereocenters. The second kappa shape index (κ2) is 5.15. The molecule has 2 rings (SSSR count). The van der Waals surface area contributed by atoms with Crippen molar-refractivity contribution in [2.45, 2.75) is 25.8 Å². The van der Waals surface area contributed by atoms with Crippen LogP contribution in [0.5, 0.6) is 0 Å². The summed E-state index contributed by atoms with van der Waals surface area (Å²) in [6, 6.07) is 4.20. The van der Waals surface area contributed by atoms with Gasteiger partial charge in [-0.15, -0.1) is 0 Å². The fraction of sp³-hybridized carbons (Fsp3) is 0.538. The van der Waals surface area contributed by atoms with Gasteiger partial charge in [0.15, 0.2) is 0 Å². The zero-order valence-electron chi connectivity index (χ0n) is 10.1. The van der Waals surface area contributed by atoms with E-state index in [1.807, 2.05) is 0 Å². The lowest BCUT2D eigenvalue weighted by Crippen LogP contribution is -2.42. The first-order valence-corrected chi connectivity index (χ1v) is 6.07. The Bertz CT molecular complexity index is 422. The average Bonchev–Trinajstić information content (AvgIpc) is 2.39. The van der Waals surface area contributed by atoms with Crippen LogP contribution in [0.25, 0.3) is 0 Å².